The maximum absolute atomic E-state index is 11.8. The van der Waals surface area contributed by atoms with Crippen LogP contribution in [0.15, 0.2) is 11.3 Å². The highest BCUT2D eigenvalue weighted by Gasteiger charge is 2.38. The molecule has 0 radical (unpaired) electrons. The summed E-state index contributed by atoms with van der Waals surface area (Å²) in [5, 5.41) is 0. The van der Waals surface area contributed by atoms with E-state index >= 15 is 0 Å². The predicted molar refractivity (Wildman–Crippen MR) is 63.3 cm³/mol. The first-order chi connectivity index (χ1) is 6.55. The van der Waals surface area contributed by atoms with Gasteiger partial charge in [0.05, 0.1) is 6.42 Å². The Morgan fingerprint density at radius 2 is 1.47 bits per heavy atom. The van der Waals surface area contributed by atoms with Crippen LogP contribution in [0, 0.1) is 10.8 Å². The molecular formula is C13H23NO. The third-order valence-electron chi connectivity index (χ3n) is 2.94. The van der Waals surface area contributed by atoms with Crippen molar-refractivity contribution >= 4 is 5.91 Å². The Balaban J connectivity index is 3.28. The van der Waals surface area contributed by atoms with Crippen LogP contribution in [-0.4, -0.2) is 17.9 Å². The minimum atomic E-state index is 0.0452. The van der Waals surface area contributed by atoms with E-state index in [2.05, 4.69) is 41.5 Å². The Bertz CT molecular complexity index is 312. The normalized spacial score (nSPS) is 19.1. The van der Waals surface area contributed by atoms with Gasteiger partial charge in [0, 0.05) is 18.2 Å². The van der Waals surface area contributed by atoms with Crippen molar-refractivity contribution in [2.75, 3.05) is 7.05 Å². The molecule has 0 saturated carbocycles. The van der Waals surface area contributed by atoms with E-state index in [0.29, 0.717) is 6.42 Å². The SMILES string of the molecule is CN1C(=O)CC(C(C)(C)C)=C1C(C)(C)C. The Kier molecular flexibility index (Phi) is 2.75. The van der Waals surface area contributed by atoms with Crippen molar-refractivity contribution in [3.63, 3.8) is 0 Å². The molecule has 1 rings (SSSR count). The molecule has 2 heteroatoms. The zero-order chi connectivity index (χ0) is 12.0. The molecular weight excluding hydrogens is 186 g/mol. The van der Waals surface area contributed by atoms with Crippen LogP contribution < -0.4 is 0 Å². The van der Waals surface area contributed by atoms with Gasteiger partial charge < -0.3 is 4.90 Å². The lowest BCUT2D eigenvalue weighted by atomic mass is 9.79. The summed E-state index contributed by atoms with van der Waals surface area (Å²) in [6.07, 6.45) is 0.590. The summed E-state index contributed by atoms with van der Waals surface area (Å²) in [4.78, 5) is 13.6. The number of carbonyl (C=O) groups excluding carboxylic acids is 1. The molecule has 1 heterocycles. The standard InChI is InChI=1S/C13H23NO/c1-12(2,3)9-8-10(15)14(7)11(9)13(4,5)6/h8H2,1-7H3. The van der Waals surface area contributed by atoms with Gasteiger partial charge in [0.25, 0.3) is 0 Å². The van der Waals surface area contributed by atoms with Crippen LogP contribution in [-0.2, 0) is 4.79 Å². The first-order valence-electron chi connectivity index (χ1n) is 5.56. The lowest BCUT2D eigenvalue weighted by molar-refractivity contribution is -0.126. The van der Waals surface area contributed by atoms with E-state index in [1.54, 1.807) is 0 Å². The van der Waals surface area contributed by atoms with Gasteiger partial charge in [-0.3, -0.25) is 4.79 Å². The van der Waals surface area contributed by atoms with Crippen molar-refractivity contribution in [1.29, 1.82) is 0 Å². The summed E-state index contributed by atoms with van der Waals surface area (Å²) < 4.78 is 0. The lowest BCUT2D eigenvalue weighted by Crippen LogP contribution is -2.28. The topological polar surface area (TPSA) is 20.3 Å². The summed E-state index contributed by atoms with van der Waals surface area (Å²) in [5.74, 6) is 0.227. The molecule has 1 aliphatic rings. The smallest absolute Gasteiger partial charge is 0.230 e. The second kappa shape index (κ2) is 3.36. The van der Waals surface area contributed by atoms with Crippen molar-refractivity contribution in [3.05, 3.63) is 11.3 Å². The van der Waals surface area contributed by atoms with E-state index in [1.807, 2.05) is 11.9 Å². The summed E-state index contributed by atoms with van der Waals surface area (Å²) in [6.45, 7) is 13.1. The molecule has 0 bridgehead atoms. The molecule has 1 aliphatic heterocycles. The van der Waals surface area contributed by atoms with Crippen molar-refractivity contribution in [1.82, 2.24) is 4.90 Å². The fraction of sp³-hybridized carbons (Fsp3) is 0.769. The highest BCUT2D eigenvalue weighted by Crippen LogP contribution is 2.43. The van der Waals surface area contributed by atoms with Crippen LogP contribution in [0.1, 0.15) is 48.0 Å². The predicted octanol–water partition coefficient (Wildman–Crippen LogP) is 3.19. The van der Waals surface area contributed by atoms with Crippen molar-refractivity contribution < 1.29 is 4.79 Å². The average molecular weight is 209 g/mol. The van der Waals surface area contributed by atoms with Crippen molar-refractivity contribution in [3.8, 4) is 0 Å². The molecule has 0 aromatic heterocycles. The number of amides is 1. The molecule has 86 valence electrons. The zero-order valence-electron chi connectivity index (χ0n) is 11.1. The van der Waals surface area contributed by atoms with Crippen molar-refractivity contribution in [2.45, 2.75) is 48.0 Å². The largest absolute Gasteiger partial charge is 0.318 e. The van der Waals surface area contributed by atoms with Gasteiger partial charge in [0.2, 0.25) is 5.91 Å². The monoisotopic (exact) mass is 209 g/mol. The second-order valence-electron chi connectivity index (χ2n) is 6.46. The molecule has 0 aliphatic carbocycles. The maximum atomic E-state index is 11.8. The molecule has 0 unspecified atom stereocenters. The Morgan fingerprint density at radius 1 is 1.00 bits per heavy atom. The summed E-state index contributed by atoms with van der Waals surface area (Å²) in [5.41, 5.74) is 2.63. The Morgan fingerprint density at radius 3 is 1.73 bits per heavy atom. The van der Waals surface area contributed by atoms with Gasteiger partial charge in [-0.25, -0.2) is 0 Å². The molecule has 0 N–H and O–H groups in total. The molecule has 2 nitrogen and oxygen atoms in total. The molecule has 0 fully saturated rings. The minimum absolute atomic E-state index is 0.0452. The number of nitrogens with zero attached hydrogens (tertiary/aromatic N) is 1. The Labute approximate surface area is 93.3 Å². The van der Waals surface area contributed by atoms with Crippen LogP contribution >= 0.6 is 0 Å². The summed E-state index contributed by atoms with van der Waals surface area (Å²) >= 11 is 0. The number of carbonyl (C=O) groups is 1. The van der Waals surface area contributed by atoms with Crippen LogP contribution in [0.2, 0.25) is 0 Å². The number of allylic oxidation sites excluding steroid dienone is 1. The van der Waals surface area contributed by atoms with E-state index in [4.69, 9.17) is 0 Å². The molecule has 0 spiro atoms. The Hall–Kier alpha value is -0.790. The average Bonchev–Trinajstić information content (AvgIpc) is 2.25. The van der Waals surface area contributed by atoms with Gasteiger partial charge in [-0.2, -0.15) is 0 Å². The van der Waals surface area contributed by atoms with Gasteiger partial charge in [-0.05, 0) is 11.0 Å². The molecule has 15 heavy (non-hydrogen) atoms. The van der Waals surface area contributed by atoms with Gasteiger partial charge in [0.1, 0.15) is 0 Å². The van der Waals surface area contributed by atoms with Gasteiger partial charge in [-0.15, -0.1) is 0 Å². The van der Waals surface area contributed by atoms with E-state index in [1.165, 1.54) is 11.3 Å². The minimum Gasteiger partial charge on any atom is -0.318 e. The van der Waals surface area contributed by atoms with Gasteiger partial charge in [0.15, 0.2) is 0 Å². The number of hydrogen-bond donors (Lipinski definition) is 0. The van der Waals surface area contributed by atoms with Crippen LogP contribution in [0.4, 0.5) is 0 Å². The summed E-state index contributed by atoms with van der Waals surface area (Å²) in [6, 6.07) is 0. The zero-order valence-corrected chi connectivity index (χ0v) is 11.1. The number of rotatable bonds is 0. The van der Waals surface area contributed by atoms with Crippen molar-refractivity contribution in [2.24, 2.45) is 10.8 Å². The van der Waals surface area contributed by atoms with Gasteiger partial charge >= 0.3 is 0 Å². The van der Waals surface area contributed by atoms with Crippen LogP contribution in [0.3, 0.4) is 0 Å². The van der Waals surface area contributed by atoms with E-state index < -0.39 is 0 Å². The van der Waals surface area contributed by atoms with Gasteiger partial charge in [-0.1, -0.05) is 41.5 Å². The van der Waals surface area contributed by atoms with E-state index in [-0.39, 0.29) is 16.7 Å². The van der Waals surface area contributed by atoms with E-state index in [0.717, 1.165) is 0 Å². The first-order valence-corrected chi connectivity index (χ1v) is 5.56. The molecule has 0 atom stereocenters. The highest BCUT2D eigenvalue weighted by atomic mass is 16.2. The number of hydrogen-bond acceptors (Lipinski definition) is 1. The molecule has 0 aromatic carbocycles. The van der Waals surface area contributed by atoms with Crippen LogP contribution in [0.25, 0.3) is 0 Å². The third-order valence-corrected chi connectivity index (χ3v) is 2.94. The summed E-state index contributed by atoms with van der Waals surface area (Å²) in [7, 11) is 1.89. The fourth-order valence-corrected chi connectivity index (χ4v) is 2.26. The quantitative estimate of drug-likeness (QED) is 0.600. The fourth-order valence-electron chi connectivity index (χ4n) is 2.26. The third kappa shape index (κ3) is 2.24. The second-order valence-corrected chi connectivity index (χ2v) is 6.46. The molecule has 0 aromatic rings. The molecule has 1 amide bonds. The highest BCUT2D eigenvalue weighted by molar-refractivity contribution is 5.84. The lowest BCUT2D eigenvalue weighted by Gasteiger charge is -2.31. The first kappa shape index (κ1) is 12.3. The van der Waals surface area contributed by atoms with E-state index in [9.17, 15) is 4.79 Å². The maximum Gasteiger partial charge on any atom is 0.230 e. The van der Waals surface area contributed by atoms with Crippen LogP contribution in [0.5, 0.6) is 0 Å². The molecule has 0 saturated heterocycles.